The van der Waals surface area contributed by atoms with Crippen molar-refractivity contribution in [3.63, 3.8) is 0 Å². The van der Waals surface area contributed by atoms with Crippen LogP contribution in [0.2, 0.25) is 5.02 Å². The fourth-order valence-electron chi connectivity index (χ4n) is 2.51. The van der Waals surface area contributed by atoms with Crippen molar-refractivity contribution < 1.29 is 9.53 Å². The molecular weight excluding hydrogens is 357 g/mol. The highest BCUT2D eigenvalue weighted by atomic mass is 35.5. The molecule has 0 fully saturated rings. The van der Waals surface area contributed by atoms with E-state index >= 15 is 0 Å². The minimum absolute atomic E-state index is 0.393. The van der Waals surface area contributed by atoms with Crippen LogP contribution in [0.3, 0.4) is 0 Å². The summed E-state index contributed by atoms with van der Waals surface area (Å²) in [4.78, 5) is 16.4. The Morgan fingerprint density at radius 2 is 1.88 bits per heavy atom. The van der Waals surface area contributed by atoms with Gasteiger partial charge in [0.1, 0.15) is 5.75 Å². The van der Waals surface area contributed by atoms with Gasteiger partial charge in [0, 0.05) is 16.5 Å². The molecule has 1 aromatic heterocycles. The highest BCUT2D eigenvalue weighted by Gasteiger charge is 2.14. The van der Waals surface area contributed by atoms with Crippen molar-refractivity contribution >= 4 is 39.3 Å². The Kier molecular flexibility index (Phi) is 5.26. The third-order valence-corrected chi connectivity index (χ3v) is 4.24. The molecule has 0 N–H and O–H groups in total. The van der Waals surface area contributed by atoms with Crippen LogP contribution in [0.1, 0.15) is 24.2 Å². The number of fused-ring (bicyclic) bond motifs is 1. The first kappa shape index (κ1) is 17.7. The van der Waals surface area contributed by atoms with E-state index in [9.17, 15) is 4.79 Å². The number of ether oxygens (including phenoxy) is 1. The molecule has 5 heteroatoms. The van der Waals surface area contributed by atoms with E-state index in [4.69, 9.17) is 27.9 Å². The standard InChI is InChI=1S/C20H17Cl2NO2/c1-12(2)11-25-14-8-6-13(7-9-14)18-10-16(20(22)24)15-4-3-5-17(21)19(15)23-18/h3-10,12H,11H2,1-2H3. The maximum absolute atomic E-state index is 11.8. The summed E-state index contributed by atoms with van der Waals surface area (Å²) in [5.41, 5.74) is 2.45. The number of rotatable bonds is 5. The third-order valence-electron chi connectivity index (χ3n) is 3.74. The van der Waals surface area contributed by atoms with Gasteiger partial charge >= 0.3 is 0 Å². The number of hydrogen-bond acceptors (Lipinski definition) is 3. The average molecular weight is 374 g/mol. The topological polar surface area (TPSA) is 39.2 Å². The third kappa shape index (κ3) is 3.94. The van der Waals surface area contributed by atoms with Gasteiger partial charge in [0.2, 0.25) is 0 Å². The van der Waals surface area contributed by atoms with Gasteiger partial charge in [-0.15, -0.1) is 0 Å². The Balaban J connectivity index is 2.03. The summed E-state index contributed by atoms with van der Waals surface area (Å²) < 4.78 is 5.69. The first-order chi connectivity index (χ1) is 12.0. The maximum Gasteiger partial charge on any atom is 0.253 e. The summed E-state index contributed by atoms with van der Waals surface area (Å²) in [6, 6.07) is 14.6. The van der Waals surface area contributed by atoms with Crippen LogP contribution in [-0.2, 0) is 0 Å². The van der Waals surface area contributed by atoms with Crippen LogP contribution in [-0.4, -0.2) is 16.8 Å². The Morgan fingerprint density at radius 1 is 1.16 bits per heavy atom. The predicted octanol–water partition coefficient (Wildman–Crippen LogP) is 5.97. The summed E-state index contributed by atoms with van der Waals surface area (Å²) in [5, 5.41) is 0.594. The Morgan fingerprint density at radius 3 is 2.52 bits per heavy atom. The fraction of sp³-hybridized carbons (Fsp3) is 0.200. The van der Waals surface area contributed by atoms with Crippen molar-refractivity contribution in [2.75, 3.05) is 6.61 Å². The molecule has 0 unspecified atom stereocenters. The highest BCUT2D eigenvalue weighted by Crippen LogP contribution is 2.30. The van der Waals surface area contributed by atoms with Crippen molar-refractivity contribution in [1.82, 2.24) is 4.98 Å². The highest BCUT2D eigenvalue weighted by molar-refractivity contribution is 6.68. The van der Waals surface area contributed by atoms with Crippen LogP contribution in [0, 0.1) is 5.92 Å². The number of halogens is 2. The monoisotopic (exact) mass is 373 g/mol. The lowest BCUT2D eigenvalue weighted by Crippen LogP contribution is -2.04. The zero-order valence-electron chi connectivity index (χ0n) is 13.9. The van der Waals surface area contributed by atoms with Crippen LogP contribution in [0.5, 0.6) is 5.75 Å². The lowest BCUT2D eigenvalue weighted by molar-refractivity contribution is 0.108. The van der Waals surface area contributed by atoms with Gasteiger partial charge in [-0.3, -0.25) is 4.79 Å². The molecule has 128 valence electrons. The molecule has 0 aliphatic heterocycles. The SMILES string of the molecule is CC(C)COc1ccc(-c2cc(C(=O)Cl)c3cccc(Cl)c3n2)cc1. The first-order valence-corrected chi connectivity index (χ1v) is 8.73. The van der Waals surface area contributed by atoms with Crippen LogP contribution >= 0.6 is 23.2 Å². The number of carbonyl (C=O) groups is 1. The summed E-state index contributed by atoms with van der Waals surface area (Å²) in [5.74, 6) is 1.26. The molecule has 0 amide bonds. The van der Waals surface area contributed by atoms with Crippen molar-refractivity contribution in [3.05, 3.63) is 59.1 Å². The quantitative estimate of drug-likeness (QED) is 0.517. The van der Waals surface area contributed by atoms with Gasteiger partial charge in [-0.2, -0.15) is 0 Å². The number of para-hydroxylation sites is 1. The lowest BCUT2D eigenvalue weighted by atomic mass is 10.0. The van der Waals surface area contributed by atoms with Gasteiger partial charge in [-0.05, 0) is 53.9 Å². The first-order valence-electron chi connectivity index (χ1n) is 7.98. The zero-order valence-corrected chi connectivity index (χ0v) is 15.4. The molecule has 3 rings (SSSR count). The maximum atomic E-state index is 11.8. The number of aromatic nitrogens is 1. The number of benzene rings is 2. The molecule has 3 nitrogen and oxygen atoms in total. The van der Waals surface area contributed by atoms with Crippen LogP contribution < -0.4 is 4.74 Å². The van der Waals surface area contributed by atoms with Crippen molar-refractivity contribution in [2.24, 2.45) is 5.92 Å². The molecule has 0 spiro atoms. The molecule has 1 heterocycles. The second-order valence-corrected chi connectivity index (χ2v) is 6.94. The molecule has 0 saturated heterocycles. The number of hydrogen-bond donors (Lipinski definition) is 0. The minimum Gasteiger partial charge on any atom is -0.493 e. The zero-order chi connectivity index (χ0) is 18.0. The van der Waals surface area contributed by atoms with Gasteiger partial charge in [0.25, 0.3) is 5.24 Å². The van der Waals surface area contributed by atoms with E-state index in [2.05, 4.69) is 18.8 Å². The molecule has 0 atom stereocenters. The van der Waals surface area contributed by atoms with Crippen molar-refractivity contribution in [3.8, 4) is 17.0 Å². The normalized spacial score (nSPS) is 11.1. The molecule has 0 aliphatic carbocycles. The van der Waals surface area contributed by atoms with E-state index in [-0.39, 0.29) is 0 Å². The molecule has 2 aromatic carbocycles. The van der Waals surface area contributed by atoms with Gasteiger partial charge in [0.05, 0.1) is 22.8 Å². The second kappa shape index (κ2) is 7.42. The Labute approximate surface area is 156 Å². The molecule has 0 radical (unpaired) electrons. The molecule has 0 aliphatic rings. The van der Waals surface area contributed by atoms with Crippen molar-refractivity contribution in [1.29, 1.82) is 0 Å². The summed E-state index contributed by atoms with van der Waals surface area (Å²) in [6.45, 7) is 4.86. The molecule has 0 bridgehead atoms. The van der Waals surface area contributed by atoms with Gasteiger partial charge in [-0.25, -0.2) is 4.98 Å². The summed E-state index contributed by atoms with van der Waals surface area (Å²) in [7, 11) is 0. The number of nitrogens with zero attached hydrogens (tertiary/aromatic N) is 1. The fourth-order valence-corrected chi connectivity index (χ4v) is 2.88. The molecule has 25 heavy (non-hydrogen) atoms. The van der Waals surface area contributed by atoms with Gasteiger partial charge < -0.3 is 4.74 Å². The number of carbonyl (C=O) groups excluding carboxylic acids is 1. The average Bonchev–Trinajstić information content (AvgIpc) is 2.60. The van der Waals surface area contributed by atoms with Crippen LogP contribution in [0.15, 0.2) is 48.5 Å². The van der Waals surface area contributed by atoms with Crippen LogP contribution in [0.25, 0.3) is 22.2 Å². The van der Waals surface area contributed by atoms with E-state index in [1.165, 1.54) is 0 Å². The Bertz CT molecular complexity index is 921. The largest absolute Gasteiger partial charge is 0.493 e. The summed E-state index contributed by atoms with van der Waals surface area (Å²) in [6.07, 6.45) is 0. The summed E-state index contributed by atoms with van der Waals surface area (Å²) >= 11 is 12.0. The minimum atomic E-state index is -0.534. The van der Waals surface area contributed by atoms with Crippen molar-refractivity contribution in [2.45, 2.75) is 13.8 Å². The van der Waals surface area contributed by atoms with Crippen LogP contribution in [0.4, 0.5) is 0 Å². The number of pyridine rings is 1. The van der Waals surface area contributed by atoms with Gasteiger partial charge in [0.15, 0.2) is 0 Å². The van der Waals surface area contributed by atoms with E-state index in [0.717, 1.165) is 11.3 Å². The molecule has 0 saturated carbocycles. The van der Waals surface area contributed by atoms with E-state index < -0.39 is 5.24 Å². The predicted molar refractivity (Wildman–Crippen MR) is 103 cm³/mol. The molecule has 3 aromatic rings. The lowest BCUT2D eigenvalue weighted by Gasteiger charge is -2.11. The Hall–Kier alpha value is -2.10. The van der Waals surface area contributed by atoms with Gasteiger partial charge in [-0.1, -0.05) is 37.6 Å². The van der Waals surface area contributed by atoms with E-state index in [0.29, 0.717) is 39.7 Å². The van der Waals surface area contributed by atoms with E-state index in [1.54, 1.807) is 24.3 Å². The smallest absolute Gasteiger partial charge is 0.253 e. The second-order valence-electron chi connectivity index (χ2n) is 6.19. The molecular formula is C20H17Cl2NO2. The van der Waals surface area contributed by atoms with E-state index in [1.807, 2.05) is 24.3 Å².